The van der Waals surface area contributed by atoms with Crippen LogP contribution in [0.3, 0.4) is 0 Å². The summed E-state index contributed by atoms with van der Waals surface area (Å²) in [6.07, 6.45) is -1.13. The first kappa shape index (κ1) is 12.1. The fourth-order valence-electron chi connectivity index (χ4n) is 1.56. The molecule has 1 atom stereocenters. The van der Waals surface area contributed by atoms with E-state index in [4.69, 9.17) is 9.63 Å². The van der Waals surface area contributed by atoms with Crippen LogP contribution >= 0.6 is 0 Å². The highest BCUT2D eigenvalue weighted by atomic mass is 16.5. The first-order valence-corrected chi connectivity index (χ1v) is 5.46. The second kappa shape index (κ2) is 4.87. The molecule has 2 N–H and O–H groups in total. The number of carboxylic acid groups (broad SMARTS) is 1. The van der Waals surface area contributed by atoms with Crippen molar-refractivity contribution in [2.75, 3.05) is 0 Å². The smallest absolute Gasteiger partial charge is 0.405 e. The first-order valence-electron chi connectivity index (χ1n) is 5.46. The van der Waals surface area contributed by atoms with E-state index in [1.54, 1.807) is 6.92 Å². The fourth-order valence-corrected chi connectivity index (χ4v) is 1.56. The summed E-state index contributed by atoms with van der Waals surface area (Å²) >= 11 is 0. The molecule has 1 aromatic heterocycles. The van der Waals surface area contributed by atoms with Gasteiger partial charge < -0.3 is 14.9 Å². The van der Waals surface area contributed by atoms with Gasteiger partial charge in [0.05, 0.1) is 0 Å². The summed E-state index contributed by atoms with van der Waals surface area (Å²) in [6.45, 7) is 3.61. The highest BCUT2D eigenvalue weighted by molar-refractivity contribution is 5.65. The van der Waals surface area contributed by atoms with Gasteiger partial charge in [0.15, 0.2) is 0 Å². The second-order valence-electron chi connectivity index (χ2n) is 4.00. The average molecular weight is 247 g/mol. The second-order valence-corrected chi connectivity index (χ2v) is 4.00. The molecule has 0 aliphatic carbocycles. The van der Waals surface area contributed by atoms with Crippen molar-refractivity contribution >= 4 is 6.09 Å². The van der Waals surface area contributed by atoms with Crippen LogP contribution in [0, 0.1) is 6.92 Å². The highest BCUT2D eigenvalue weighted by Gasteiger charge is 2.16. The Balaban J connectivity index is 2.22. The summed E-state index contributed by atoms with van der Waals surface area (Å²) in [7, 11) is 0. The Morgan fingerprint density at radius 2 is 2.28 bits per heavy atom. The Kier molecular flexibility index (Phi) is 3.27. The Morgan fingerprint density at radius 3 is 2.94 bits per heavy atom. The summed E-state index contributed by atoms with van der Waals surface area (Å²) in [5.74, 6) is 0.696. The lowest BCUT2D eigenvalue weighted by atomic mass is 10.1. The zero-order chi connectivity index (χ0) is 13.1. The molecule has 0 aliphatic heterocycles. The van der Waals surface area contributed by atoms with Crippen molar-refractivity contribution in [3.63, 3.8) is 0 Å². The van der Waals surface area contributed by atoms with Crippen LogP contribution < -0.4 is 5.32 Å². The van der Waals surface area contributed by atoms with Crippen molar-refractivity contribution in [2.45, 2.75) is 19.9 Å². The summed E-state index contributed by atoms with van der Waals surface area (Å²) in [5.41, 5.74) is 1.93. The van der Waals surface area contributed by atoms with Crippen molar-refractivity contribution in [3.05, 3.63) is 35.7 Å². The maximum atomic E-state index is 10.5. The number of amides is 1. The number of nitrogens with one attached hydrogen (secondary N) is 1. The van der Waals surface area contributed by atoms with Gasteiger partial charge in [0.25, 0.3) is 0 Å². The van der Waals surface area contributed by atoms with Gasteiger partial charge in [-0.2, -0.15) is 4.98 Å². The molecule has 6 heteroatoms. The van der Waals surface area contributed by atoms with Gasteiger partial charge in [-0.05, 0) is 19.9 Å². The molecule has 0 radical (unpaired) electrons. The van der Waals surface area contributed by atoms with Crippen LogP contribution in [0.4, 0.5) is 4.79 Å². The van der Waals surface area contributed by atoms with Gasteiger partial charge >= 0.3 is 6.09 Å². The Morgan fingerprint density at radius 1 is 1.50 bits per heavy atom. The van der Waals surface area contributed by atoms with E-state index < -0.39 is 12.1 Å². The lowest BCUT2D eigenvalue weighted by molar-refractivity contribution is 0.187. The molecule has 6 nitrogen and oxygen atoms in total. The molecule has 0 fully saturated rings. The summed E-state index contributed by atoms with van der Waals surface area (Å²) in [5, 5.41) is 14.7. The molecule has 1 heterocycles. The molecule has 2 aromatic rings. The van der Waals surface area contributed by atoms with E-state index in [1.807, 2.05) is 31.2 Å². The molecule has 0 bridgehead atoms. The van der Waals surface area contributed by atoms with E-state index in [-0.39, 0.29) is 5.89 Å². The third kappa shape index (κ3) is 2.65. The Bertz CT molecular complexity index is 565. The molecule has 0 aliphatic rings. The molecule has 2 rings (SSSR count). The van der Waals surface area contributed by atoms with Crippen molar-refractivity contribution in [2.24, 2.45) is 0 Å². The lowest BCUT2D eigenvalue weighted by Crippen LogP contribution is -2.24. The minimum absolute atomic E-state index is 0.244. The van der Waals surface area contributed by atoms with E-state index in [0.717, 1.165) is 11.1 Å². The molecule has 18 heavy (non-hydrogen) atoms. The molecule has 94 valence electrons. The molecule has 1 amide bonds. The van der Waals surface area contributed by atoms with E-state index >= 15 is 0 Å². The molecular formula is C12H13N3O3. The minimum Gasteiger partial charge on any atom is -0.465 e. The standard InChI is InChI=1S/C12H13N3O3/c1-7-4-3-5-9(6-7)10-14-11(18-15-10)8(2)13-12(16)17/h3-6,8,13H,1-2H3,(H,16,17)/t8-/m1/s1. The van der Waals surface area contributed by atoms with Crippen LogP contribution in [0.1, 0.15) is 24.4 Å². The quantitative estimate of drug-likeness (QED) is 0.869. The van der Waals surface area contributed by atoms with E-state index in [2.05, 4.69) is 15.5 Å². The molecule has 0 saturated heterocycles. The predicted molar refractivity (Wildman–Crippen MR) is 64.0 cm³/mol. The van der Waals surface area contributed by atoms with Crippen LogP contribution in [0.15, 0.2) is 28.8 Å². The molecular weight excluding hydrogens is 234 g/mol. The SMILES string of the molecule is Cc1cccc(-c2noc([C@@H](C)NC(=O)O)n2)c1. The van der Waals surface area contributed by atoms with Gasteiger partial charge in [0.1, 0.15) is 6.04 Å². The average Bonchev–Trinajstić information content (AvgIpc) is 2.77. The van der Waals surface area contributed by atoms with Gasteiger partial charge in [-0.15, -0.1) is 0 Å². The summed E-state index contributed by atoms with van der Waals surface area (Å²) in [6, 6.07) is 7.15. The minimum atomic E-state index is -1.13. The number of aromatic nitrogens is 2. The number of rotatable bonds is 3. The number of hydrogen-bond acceptors (Lipinski definition) is 4. The summed E-state index contributed by atoms with van der Waals surface area (Å²) < 4.78 is 5.03. The largest absolute Gasteiger partial charge is 0.465 e. The predicted octanol–water partition coefficient (Wildman–Crippen LogP) is 2.37. The maximum absolute atomic E-state index is 10.5. The lowest BCUT2D eigenvalue weighted by Gasteiger charge is -2.04. The van der Waals surface area contributed by atoms with Crippen molar-refractivity contribution in [3.8, 4) is 11.4 Å². The van der Waals surface area contributed by atoms with Crippen LogP contribution in [-0.2, 0) is 0 Å². The van der Waals surface area contributed by atoms with Crippen molar-refractivity contribution in [1.29, 1.82) is 0 Å². The molecule has 0 saturated carbocycles. The van der Waals surface area contributed by atoms with Gasteiger partial charge in [-0.3, -0.25) is 0 Å². The number of hydrogen-bond donors (Lipinski definition) is 2. The van der Waals surface area contributed by atoms with Crippen LogP contribution in [0.25, 0.3) is 11.4 Å². The zero-order valence-corrected chi connectivity index (χ0v) is 10.0. The fraction of sp³-hybridized carbons (Fsp3) is 0.250. The van der Waals surface area contributed by atoms with E-state index in [0.29, 0.717) is 5.82 Å². The van der Waals surface area contributed by atoms with Crippen LogP contribution in [-0.4, -0.2) is 21.3 Å². The maximum Gasteiger partial charge on any atom is 0.405 e. The Hall–Kier alpha value is -2.37. The monoisotopic (exact) mass is 247 g/mol. The number of nitrogens with zero attached hydrogens (tertiary/aromatic N) is 2. The van der Waals surface area contributed by atoms with Gasteiger partial charge in [-0.25, -0.2) is 4.79 Å². The summed E-state index contributed by atoms with van der Waals surface area (Å²) in [4.78, 5) is 14.7. The zero-order valence-electron chi connectivity index (χ0n) is 10.0. The normalized spacial score (nSPS) is 12.1. The van der Waals surface area contributed by atoms with E-state index in [1.165, 1.54) is 0 Å². The third-order valence-corrected chi connectivity index (χ3v) is 2.43. The van der Waals surface area contributed by atoms with E-state index in [9.17, 15) is 4.79 Å². The number of carbonyl (C=O) groups is 1. The number of aryl methyl sites for hydroxylation is 1. The topological polar surface area (TPSA) is 88.2 Å². The van der Waals surface area contributed by atoms with Crippen molar-refractivity contribution < 1.29 is 14.4 Å². The molecule has 0 spiro atoms. The van der Waals surface area contributed by atoms with Crippen molar-refractivity contribution in [1.82, 2.24) is 15.5 Å². The van der Waals surface area contributed by atoms with Crippen LogP contribution in [0.2, 0.25) is 0 Å². The highest BCUT2D eigenvalue weighted by Crippen LogP contribution is 2.19. The third-order valence-electron chi connectivity index (χ3n) is 2.43. The van der Waals surface area contributed by atoms with Gasteiger partial charge in [0, 0.05) is 5.56 Å². The first-order chi connectivity index (χ1) is 8.56. The molecule has 1 aromatic carbocycles. The Labute approximate surface area is 104 Å². The molecule has 0 unspecified atom stereocenters. The van der Waals surface area contributed by atoms with Crippen LogP contribution in [0.5, 0.6) is 0 Å². The number of benzene rings is 1. The van der Waals surface area contributed by atoms with Gasteiger partial charge in [-0.1, -0.05) is 28.9 Å². The van der Waals surface area contributed by atoms with Gasteiger partial charge in [0.2, 0.25) is 11.7 Å².